The standard InChI is InChI=1S/C20H21F2NO5/c1-14-3-2-4-17(11-14)26-13-19(25)27-12-18(24)23-10-9-15-5-7-16(8-6-15)28-20(21)22/h2-8,11,20H,9-10,12-13H2,1H3,(H,23,24). The van der Waals surface area contributed by atoms with E-state index < -0.39 is 25.1 Å². The van der Waals surface area contributed by atoms with Crippen molar-refractivity contribution in [1.29, 1.82) is 0 Å². The van der Waals surface area contributed by atoms with Crippen LogP contribution in [-0.2, 0) is 20.7 Å². The molecule has 0 aromatic heterocycles. The van der Waals surface area contributed by atoms with E-state index in [4.69, 9.17) is 9.47 Å². The molecule has 0 aliphatic rings. The first kappa shape index (κ1) is 21.1. The lowest BCUT2D eigenvalue weighted by atomic mass is 10.1. The van der Waals surface area contributed by atoms with Crippen LogP contribution in [0.15, 0.2) is 48.5 Å². The Morgan fingerprint density at radius 1 is 1.04 bits per heavy atom. The molecular weight excluding hydrogens is 372 g/mol. The Kier molecular flexibility index (Phi) is 8.20. The lowest BCUT2D eigenvalue weighted by Crippen LogP contribution is -2.31. The summed E-state index contributed by atoms with van der Waals surface area (Å²) in [6, 6.07) is 13.3. The SMILES string of the molecule is Cc1cccc(OCC(=O)OCC(=O)NCCc2ccc(OC(F)F)cc2)c1. The molecule has 1 amide bonds. The number of amides is 1. The van der Waals surface area contributed by atoms with E-state index in [1.807, 2.05) is 19.1 Å². The van der Waals surface area contributed by atoms with Crippen LogP contribution in [0.5, 0.6) is 11.5 Å². The fraction of sp³-hybridized carbons (Fsp3) is 0.300. The van der Waals surface area contributed by atoms with Crippen molar-refractivity contribution in [2.45, 2.75) is 20.0 Å². The first-order valence-electron chi connectivity index (χ1n) is 8.58. The minimum Gasteiger partial charge on any atom is -0.482 e. The molecule has 0 saturated carbocycles. The number of hydrogen-bond donors (Lipinski definition) is 1. The highest BCUT2D eigenvalue weighted by Crippen LogP contribution is 2.15. The first-order chi connectivity index (χ1) is 13.4. The molecule has 1 N–H and O–H groups in total. The molecule has 0 fully saturated rings. The molecule has 0 spiro atoms. The molecule has 0 aliphatic heterocycles. The molecule has 0 heterocycles. The molecule has 2 aromatic carbocycles. The van der Waals surface area contributed by atoms with E-state index in [0.29, 0.717) is 18.7 Å². The van der Waals surface area contributed by atoms with Crippen molar-refractivity contribution in [2.75, 3.05) is 19.8 Å². The minimum atomic E-state index is -2.87. The first-order valence-corrected chi connectivity index (χ1v) is 8.58. The van der Waals surface area contributed by atoms with Crippen molar-refractivity contribution < 1.29 is 32.6 Å². The lowest BCUT2D eigenvalue weighted by molar-refractivity contribution is -0.150. The molecule has 0 atom stereocenters. The van der Waals surface area contributed by atoms with Gasteiger partial charge in [0.25, 0.3) is 5.91 Å². The fourth-order valence-corrected chi connectivity index (χ4v) is 2.27. The summed E-state index contributed by atoms with van der Waals surface area (Å²) in [6.45, 7) is -1.34. The summed E-state index contributed by atoms with van der Waals surface area (Å²) in [5.41, 5.74) is 1.84. The Bertz CT molecular complexity index is 780. The summed E-state index contributed by atoms with van der Waals surface area (Å²) in [6.07, 6.45) is 0.491. The topological polar surface area (TPSA) is 73.9 Å². The van der Waals surface area contributed by atoms with Crippen LogP contribution in [0.1, 0.15) is 11.1 Å². The Labute approximate surface area is 161 Å². The van der Waals surface area contributed by atoms with E-state index >= 15 is 0 Å². The van der Waals surface area contributed by atoms with Crippen molar-refractivity contribution in [1.82, 2.24) is 5.32 Å². The van der Waals surface area contributed by atoms with Crippen LogP contribution < -0.4 is 14.8 Å². The lowest BCUT2D eigenvalue weighted by Gasteiger charge is -2.09. The second-order valence-corrected chi connectivity index (χ2v) is 5.89. The van der Waals surface area contributed by atoms with Crippen LogP contribution in [0.4, 0.5) is 8.78 Å². The summed E-state index contributed by atoms with van der Waals surface area (Å²) in [4.78, 5) is 23.3. The van der Waals surface area contributed by atoms with Crippen LogP contribution in [0.3, 0.4) is 0 Å². The number of alkyl halides is 2. The van der Waals surface area contributed by atoms with Crippen LogP contribution in [-0.4, -0.2) is 38.2 Å². The Hall–Kier alpha value is -3.16. The number of esters is 1. The Balaban J connectivity index is 1.61. The average Bonchev–Trinajstić information content (AvgIpc) is 2.66. The van der Waals surface area contributed by atoms with Crippen molar-refractivity contribution in [3.8, 4) is 11.5 Å². The number of benzene rings is 2. The minimum absolute atomic E-state index is 0.0718. The monoisotopic (exact) mass is 393 g/mol. The van der Waals surface area contributed by atoms with Crippen LogP contribution in [0.2, 0.25) is 0 Å². The predicted octanol–water partition coefficient (Wildman–Crippen LogP) is 2.88. The van der Waals surface area contributed by atoms with E-state index in [1.165, 1.54) is 12.1 Å². The number of ether oxygens (including phenoxy) is 3. The summed E-state index contributed by atoms with van der Waals surface area (Å²) in [5, 5.41) is 2.61. The van der Waals surface area contributed by atoms with Crippen LogP contribution >= 0.6 is 0 Å². The van der Waals surface area contributed by atoms with Crippen molar-refractivity contribution in [2.24, 2.45) is 0 Å². The fourth-order valence-electron chi connectivity index (χ4n) is 2.27. The molecule has 28 heavy (non-hydrogen) atoms. The number of carbonyl (C=O) groups is 2. The van der Waals surface area contributed by atoms with Gasteiger partial charge in [-0.1, -0.05) is 24.3 Å². The molecule has 2 aromatic rings. The molecule has 0 saturated heterocycles. The van der Waals surface area contributed by atoms with Gasteiger partial charge in [0, 0.05) is 6.54 Å². The second kappa shape index (κ2) is 10.9. The zero-order chi connectivity index (χ0) is 20.4. The molecule has 6 nitrogen and oxygen atoms in total. The van der Waals surface area contributed by atoms with Gasteiger partial charge < -0.3 is 19.5 Å². The van der Waals surface area contributed by atoms with Gasteiger partial charge in [-0.2, -0.15) is 8.78 Å². The zero-order valence-electron chi connectivity index (χ0n) is 15.3. The number of carbonyl (C=O) groups excluding carboxylic acids is 2. The molecule has 0 bridgehead atoms. The number of hydrogen-bond acceptors (Lipinski definition) is 5. The largest absolute Gasteiger partial charge is 0.482 e. The maximum atomic E-state index is 12.1. The van der Waals surface area contributed by atoms with Gasteiger partial charge >= 0.3 is 12.6 Å². The van der Waals surface area contributed by atoms with Crippen LogP contribution in [0.25, 0.3) is 0 Å². The number of aryl methyl sites for hydroxylation is 1. The van der Waals surface area contributed by atoms with E-state index in [0.717, 1.165) is 11.1 Å². The normalized spacial score (nSPS) is 10.4. The van der Waals surface area contributed by atoms with Gasteiger partial charge in [0.2, 0.25) is 0 Å². The maximum absolute atomic E-state index is 12.1. The van der Waals surface area contributed by atoms with E-state index in [2.05, 4.69) is 10.1 Å². The van der Waals surface area contributed by atoms with Gasteiger partial charge in [0.15, 0.2) is 13.2 Å². The van der Waals surface area contributed by atoms with Gasteiger partial charge in [-0.05, 0) is 48.7 Å². The maximum Gasteiger partial charge on any atom is 0.387 e. The Morgan fingerprint density at radius 2 is 1.79 bits per heavy atom. The smallest absolute Gasteiger partial charge is 0.387 e. The molecular formula is C20H21F2NO5. The predicted molar refractivity (Wildman–Crippen MR) is 97.4 cm³/mol. The summed E-state index contributed by atoms with van der Waals surface area (Å²) in [5.74, 6) is -0.471. The van der Waals surface area contributed by atoms with Gasteiger partial charge in [-0.3, -0.25) is 4.79 Å². The highest BCUT2D eigenvalue weighted by Gasteiger charge is 2.09. The van der Waals surface area contributed by atoms with E-state index in [1.54, 1.807) is 24.3 Å². The highest BCUT2D eigenvalue weighted by atomic mass is 19.3. The van der Waals surface area contributed by atoms with Gasteiger partial charge in [0.1, 0.15) is 11.5 Å². The second-order valence-electron chi connectivity index (χ2n) is 5.89. The highest BCUT2D eigenvalue weighted by molar-refractivity contribution is 5.80. The van der Waals surface area contributed by atoms with E-state index in [-0.39, 0.29) is 12.4 Å². The third kappa shape index (κ3) is 8.03. The molecule has 0 aliphatic carbocycles. The average molecular weight is 393 g/mol. The zero-order valence-corrected chi connectivity index (χ0v) is 15.3. The Morgan fingerprint density at radius 3 is 2.46 bits per heavy atom. The molecule has 0 radical (unpaired) electrons. The number of rotatable bonds is 10. The van der Waals surface area contributed by atoms with Gasteiger partial charge in [-0.25, -0.2) is 4.79 Å². The van der Waals surface area contributed by atoms with Crippen molar-refractivity contribution in [3.63, 3.8) is 0 Å². The van der Waals surface area contributed by atoms with Crippen LogP contribution in [0, 0.1) is 6.92 Å². The van der Waals surface area contributed by atoms with Crippen molar-refractivity contribution in [3.05, 3.63) is 59.7 Å². The van der Waals surface area contributed by atoms with Gasteiger partial charge in [0.05, 0.1) is 0 Å². The summed E-state index contributed by atoms with van der Waals surface area (Å²) >= 11 is 0. The van der Waals surface area contributed by atoms with E-state index in [9.17, 15) is 18.4 Å². The number of nitrogens with one attached hydrogen (secondary N) is 1. The third-order valence-corrected chi connectivity index (χ3v) is 3.59. The molecule has 150 valence electrons. The molecule has 8 heteroatoms. The molecule has 2 rings (SSSR count). The van der Waals surface area contributed by atoms with Crippen molar-refractivity contribution >= 4 is 11.9 Å². The number of halogens is 2. The summed E-state index contributed by atoms with van der Waals surface area (Å²) < 4.78 is 38.6. The molecule has 0 unspecified atom stereocenters. The summed E-state index contributed by atoms with van der Waals surface area (Å²) in [7, 11) is 0. The van der Waals surface area contributed by atoms with Gasteiger partial charge in [-0.15, -0.1) is 0 Å². The third-order valence-electron chi connectivity index (χ3n) is 3.59. The quantitative estimate of drug-likeness (QED) is 0.629.